The normalized spacial score (nSPS) is 14.6. The highest BCUT2D eigenvalue weighted by atomic mass is 79.9. The molecule has 6 heteroatoms. The molecule has 106 valence electrons. The number of ether oxygens (including phenoxy) is 1. The topological polar surface area (TPSA) is 75.6 Å². The quantitative estimate of drug-likeness (QED) is 0.880. The van der Waals surface area contributed by atoms with E-state index in [0.717, 1.165) is 15.8 Å². The third-order valence-electron chi connectivity index (χ3n) is 2.97. The van der Waals surface area contributed by atoms with Crippen molar-refractivity contribution in [2.24, 2.45) is 5.92 Å². The van der Waals surface area contributed by atoms with Gasteiger partial charge in [-0.3, -0.25) is 9.59 Å². The fourth-order valence-corrected chi connectivity index (χ4v) is 2.10. The van der Waals surface area contributed by atoms with Gasteiger partial charge < -0.3 is 15.2 Å². The van der Waals surface area contributed by atoms with Crippen LogP contribution in [0.25, 0.3) is 6.08 Å². The van der Waals surface area contributed by atoms with Crippen LogP contribution in [0.3, 0.4) is 0 Å². The summed E-state index contributed by atoms with van der Waals surface area (Å²) in [5.41, 5.74) is 1.30. The van der Waals surface area contributed by atoms with Crippen LogP contribution in [0.5, 0.6) is 5.75 Å². The fourth-order valence-electron chi connectivity index (χ4n) is 1.73. The average molecular weight is 340 g/mol. The number of halogens is 1. The Kier molecular flexibility index (Phi) is 4.44. The first-order chi connectivity index (χ1) is 9.47. The lowest BCUT2D eigenvalue weighted by molar-refractivity contribution is -0.141. The summed E-state index contributed by atoms with van der Waals surface area (Å²) >= 11 is 3.36. The third kappa shape index (κ3) is 3.39. The summed E-state index contributed by atoms with van der Waals surface area (Å²) in [5, 5.41) is 11.4. The molecular formula is C14H14BrNO4. The highest BCUT2D eigenvalue weighted by Crippen LogP contribution is 2.29. The monoisotopic (exact) mass is 339 g/mol. The molecule has 1 aliphatic rings. The molecule has 5 nitrogen and oxygen atoms in total. The van der Waals surface area contributed by atoms with E-state index in [0.29, 0.717) is 5.57 Å². The van der Waals surface area contributed by atoms with Crippen molar-refractivity contribution in [2.45, 2.75) is 6.92 Å². The molecule has 0 saturated heterocycles. The van der Waals surface area contributed by atoms with Gasteiger partial charge in [-0.2, -0.15) is 0 Å². The largest absolute Gasteiger partial charge is 0.488 e. The molecule has 0 aliphatic carbocycles. The second-order valence-electron chi connectivity index (χ2n) is 4.59. The van der Waals surface area contributed by atoms with Gasteiger partial charge >= 0.3 is 5.97 Å². The highest BCUT2D eigenvalue weighted by molar-refractivity contribution is 9.10. The van der Waals surface area contributed by atoms with Crippen molar-refractivity contribution >= 4 is 33.9 Å². The Morgan fingerprint density at radius 3 is 2.95 bits per heavy atom. The van der Waals surface area contributed by atoms with Crippen LogP contribution in [0.4, 0.5) is 0 Å². The molecule has 0 radical (unpaired) electrons. The van der Waals surface area contributed by atoms with Crippen LogP contribution in [-0.2, 0) is 9.59 Å². The van der Waals surface area contributed by atoms with Crippen molar-refractivity contribution in [1.29, 1.82) is 0 Å². The number of rotatable bonds is 4. The fraction of sp³-hybridized carbons (Fsp3) is 0.286. The molecule has 1 atom stereocenters. The zero-order valence-corrected chi connectivity index (χ0v) is 12.4. The zero-order chi connectivity index (χ0) is 14.7. The Labute approximate surface area is 124 Å². The number of hydrogen-bond donors (Lipinski definition) is 2. The lowest BCUT2D eigenvalue weighted by atomic mass is 10.1. The van der Waals surface area contributed by atoms with Gasteiger partial charge in [0.15, 0.2) is 0 Å². The van der Waals surface area contributed by atoms with E-state index in [2.05, 4.69) is 21.2 Å². The van der Waals surface area contributed by atoms with Crippen LogP contribution in [0.2, 0.25) is 0 Å². The summed E-state index contributed by atoms with van der Waals surface area (Å²) in [5.74, 6) is -1.13. The Bertz CT molecular complexity index is 583. The number of carbonyl (C=O) groups excluding carboxylic acids is 1. The van der Waals surface area contributed by atoms with Gasteiger partial charge in [-0.1, -0.05) is 22.9 Å². The molecule has 1 amide bonds. The first-order valence-electron chi connectivity index (χ1n) is 6.11. The summed E-state index contributed by atoms with van der Waals surface area (Å²) in [6, 6.07) is 5.56. The molecule has 20 heavy (non-hydrogen) atoms. The van der Waals surface area contributed by atoms with Crippen LogP contribution >= 0.6 is 15.9 Å². The smallest absolute Gasteiger partial charge is 0.308 e. The Morgan fingerprint density at radius 2 is 2.25 bits per heavy atom. The number of aliphatic carboxylic acids is 1. The van der Waals surface area contributed by atoms with Crippen LogP contribution < -0.4 is 10.1 Å². The minimum Gasteiger partial charge on any atom is -0.488 e. The molecular weight excluding hydrogens is 326 g/mol. The van der Waals surface area contributed by atoms with Gasteiger partial charge in [0.25, 0.3) is 5.91 Å². The van der Waals surface area contributed by atoms with Crippen molar-refractivity contribution in [2.75, 3.05) is 13.2 Å². The number of fused-ring (bicyclic) bond motifs is 1. The summed E-state index contributed by atoms with van der Waals surface area (Å²) in [7, 11) is 0. The van der Waals surface area contributed by atoms with Crippen molar-refractivity contribution in [3.63, 3.8) is 0 Å². The predicted octanol–water partition coefficient (Wildman–Crippen LogP) is 2.06. The minimum absolute atomic E-state index is 0.0941. The van der Waals surface area contributed by atoms with E-state index in [4.69, 9.17) is 9.84 Å². The first-order valence-corrected chi connectivity index (χ1v) is 6.90. The maximum atomic E-state index is 12.0. The molecule has 0 aromatic heterocycles. The van der Waals surface area contributed by atoms with Crippen LogP contribution in [-0.4, -0.2) is 30.1 Å². The highest BCUT2D eigenvalue weighted by Gasteiger charge is 2.19. The summed E-state index contributed by atoms with van der Waals surface area (Å²) in [4.78, 5) is 22.6. The van der Waals surface area contributed by atoms with E-state index in [-0.39, 0.29) is 19.1 Å². The van der Waals surface area contributed by atoms with Gasteiger partial charge in [0.05, 0.1) is 11.5 Å². The Morgan fingerprint density at radius 1 is 1.50 bits per heavy atom. The molecule has 2 N–H and O–H groups in total. The number of carbonyl (C=O) groups is 2. The van der Waals surface area contributed by atoms with E-state index in [9.17, 15) is 9.59 Å². The van der Waals surface area contributed by atoms with Crippen molar-refractivity contribution in [1.82, 2.24) is 5.32 Å². The number of nitrogens with one attached hydrogen (secondary N) is 1. The maximum absolute atomic E-state index is 12.0. The van der Waals surface area contributed by atoms with Crippen LogP contribution in [0.1, 0.15) is 12.5 Å². The zero-order valence-electron chi connectivity index (χ0n) is 10.9. The van der Waals surface area contributed by atoms with Crippen molar-refractivity contribution < 1.29 is 19.4 Å². The lowest BCUT2D eigenvalue weighted by Gasteiger charge is -2.18. The molecule has 1 heterocycles. The molecule has 1 aliphatic heterocycles. The summed E-state index contributed by atoms with van der Waals surface area (Å²) < 4.78 is 6.40. The molecule has 0 saturated carbocycles. The van der Waals surface area contributed by atoms with E-state index >= 15 is 0 Å². The molecule has 1 aromatic rings. The van der Waals surface area contributed by atoms with Crippen molar-refractivity contribution in [3.8, 4) is 5.75 Å². The SMILES string of the molecule is CC(CNC(=O)C1=Cc2cc(Br)ccc2OC1)C(=O)O. The summed E-state index contributed by atoms with van der Waals surface area (Å²) in [6.45, 7) is 1.82. The molecule has 0 bridgehead atoms. The predicted molar refractivity (Wildman–Crippen MR) is 77.4 cm³/mol. The van der Waals surface area contributed by atoms with Gasteiger partial charge in [-0.05, 0) is 24.3 Å². The average Bonchev–Trinajstić information content (AvgIpc) is 2.43. The minimum atomic E-state index is -0.937. The second kappa shape index (κ2) is 6.09. The molecule has 0 fully saturated rings. The number of benzene rings is 1. The van der Waals surface area contributed by atoms with Gasteiger partial charge in [0.2, 0.25) is 0 Å². The number of carboxylic acids is 1. The number of carboxylic acid groups (broad SMARTS) is 1. The van der Waals surface area contributed by atoms with Crippen molar-refractivity contribution in [3.05, 3.63) is 33.8 Å². The first kappa shape index (κ1) is 14.6. The lowest BCUT2D eigenvalue weighted by Crippen LogP contribution is -2.34. The Balaban J connectivity index is 2.06. The Hall–Kier alpha value is -1.82. The summed E-state index contributed by atoms with van der Waals surface area (Å²) in [6.07, 6.45) is 1.75. The van der Waals surface area contributed by atoms with Crippen LogP contribution in [0.15, 0.2) is 28.2 Å². The number of amides is 1. The van der Waals surface area contributed by atoms with Gasteiger partial charge in [-0.25, -0.2) is 0 Å². The van der Waals surface area contributed by atoms with E-state index in [1.165, 1.54) is 0 Å². The van der Waals surface area contributed by atoms with Gasteiger partial charge in [0, 0.05) is 16.6 Å². The van der Waals surface area contributed by atoms with Crippen LogP contribution in [0, 0.1) is 5.92 Å². The van der Waals surface area contributed by atoms with E-state index in [1.54, 1.807) is 13.0 Å². The second-order valence-corrected chi connectivity index (χ2v) is 5.51. The van der Waals surface area contributed by atoms with Gasteiger partial charge in [-0.15, -0.1) is 0 Å². The maximum Gasteiger partial charge on any atom is 0.308 e. The standard InChI is InChI=1S/C14H14BrNO4/c1-8(14(18)19)6-16-13(17)10-4-9-5-11(15)2-3-12(9)20-7-10/h2-5,8H,6-7H2,1H3,(H,16,17)(H,18,19). The molecule has 1 aromatic carbocycles. The van der Waals surface area contributed by atoms with E-state index in [1.807, 2.05) is 18.2 Å². The molecule has 1 unspecified atom stereocenters. The van der Waals surface area contributed by atoms with Gasteiger partial charge in [0.1, 0.15) is 12.4 Å². The molecule has 0 spiro atoms. The molecule has 2 rings (SSSR count). The van der Waals surface area contributed by atoms with E-state index < -0.39 is 11.9 Å². The number of hydrogen-bond acceptors (Lipinski definition) is 3. The third-order valence-corrected chi connectivity index (χ3v) is 3.46.